The standard InChI is InChI=1S/C20H25F3N6O5S.C19H23F3N6O3.CH2Cl2.CH3ClO2S/c1-35(32,33)28-15-8-6-13(7-9-15)10-24-18-16(29(30)31)12-26-19(27-18)25-11-14-4-2-3-5-17(14)34-20(21,22)23;20-19(21,22)31-16-4-2-1-3-13(16)10-25-18-26-11-15(28(29)30)17(27-18)24-9-12-5-7-14(23)8-6-12;2-1-3;1-5(2,3)4/h2-5,12-13,15,28H,6-11H2,1H3,(H2,24,25,26,27);1-4,11-12,14H,5-10,23H2,(H2,24,25,26,27);1H2;1H3. The average molecular weight is 1160 g/mol. The Morgan fingerprint density at radius 3 is 1.35 bits per heavy atom. The van der Waals surface area contributed by atoms with Gasteiger partial charge in [0.25, 0.3) is 0 Å². The monoisotopic (exact) mass is 1160 g/mol. The highest BCUT2D eigenvalue weighted by molar-refractivity contribution is 8.13. The average Bonchev–Trinajstić information content (AvgIpc) is 3.29. The van der Waals surface area contributed by atoms with Crippen LogP contribution in [0, 0.1) is 32.1 Å². The Hall–Kier alpha value is -5.53. The van der Waals surface area contributed by atoms with Crippen LogP contribution in [0.2, 0.25) is 0 Å². The summed E-state index contributed by atoms with van der Waals surface area (Å²) in [5, 5.41) is 34.4. The second-order valence-corrected chi connectivity index (χ2v) is 22.0. The van der Waals surface area contributed by atoms with Crippen LogP contribution in [0.5, 0.6) is 11.5 Å². The second kappa shape index (κ2) is 29.5. The van der Waals surface area contributed by atoms with E-state index in [9.17, 15) is 63.4 Å². The molecule has 0 saturated heterocycles. The van der Waals surface area contributed by atoms with E-state index in [1.165, 1.54) is 36.4 Å². The highest BCUT2D eigenvalue weighted by Crippen LogP contribution is 2.31. The van der Waals surface area contributed by atoms with Gasteiger partial charge in [-0.25, -0.2) is 31.5 Å². The molecule has 74 heavy (non-hydrogen) atoms. The van der Waals surface area contributed by atoms with Crippen LogP contribution < -0.4 is 41.2 Å². The van der Waals surface area contributed by atoms with E-state index < -0.39 is 41.6 Å². The Kier molecular flexibility index (Phi) is 25.0. The molecular formula is C41H53Cl3F6N12O10S2. The molecule has 2 fully saturated rings. The number of nitrogens with zero attached hydrogens (tertiary/aromatic N) is 6. The van der Waals surface area contributed by atoms with Crippen molar-refractivity contribution in [2.24, 2.45) is 17.6 Å². The third-order valence-corrected chi connectivity index (χ3v) is 11.2. The second-order valence-electron chi connectivity index (χ2n) is 16.3. The molecule has 0 atom stereocenters. The maximum atomic E-state index is 12.6. The number of alkyl halides is 8. The quantitative estimate of drug-likeness (QED) is 0.0178. The third-order valence-electron chi connectivity index (χ3n) is 10.4. The molecule has 2 heterocycles. The zero-order chi connectivity index (χ0) is 55.3. The minimum Gasteiger partial charge on any atom is -0.405 e. The number of anilines is 4. The van der Waals surface area contributed by atoms with Gasteiger partial charge in [-0.1, -0.05) is 36.4 Å². The molecule has 0 aliphatic heterocycles. The Labute approximate surface area is 436 Å². The van der Waals surface area contributed by atoms with E-state index >= 15 is 0 Å². The number of aromatic nitrogens is 4. The summed E-state index contributed by atoms with van der Waals surface area (Å²) in [5.74, 6) is -0.184. The van der Waals surface area contributed by atoms with Gasteiger partial charge in [0.15, 0.2) is 0 Å². The molecule has 6 rings (SSSR count). The van der Waals surface area contributed by atoms with Crippen molar-refractivity contribution in [2.75, 3.05) is 52.2 Å². The first-order valence-corrected chi connectivity index (χ1v) is 27.6. The first kappa shape index (κ1) is 62.8. The number of rotatable bonds is 18. The lowest BCUT2D eigenvalue weighted by Gasteiger charge is -2.28. The number of ether oxygens (including phenoxy) is 2. The number of nitrogens with one attached hydrogen (secondary N) is 5. The van der Waals surface area contributed by atoms with Gasteiger partial charge in [-0.3, -0.25) is 20.2 Å². The van der Waals surface area contributed by atoms with Gasteiger partial charge in [-0.15, -0.1) is 49.5 Å². The number of benzene rings is 2. The SMILES string of the molecule is CS(=O)(=O)Cl.CS(=O)(=O)NC1CCC(CNc2nc(NCc3ccccc3OC(F)(F)F)ncc2[N+](=O)[O-])CC1.ClCCl.NC1CCC(CNc2nc(NCc3ccccc3OC(F)(F)F)ncc2[N+](=O)[O-])CC1. The predicted octanol–water partition coefficient (Wildman–Crippen LogP) is 8.85. The topological polar surface area (TPSA) is 311 Å². The minimum absolute atomic E-state index is 0.0130. The fraction of sp³-hybridized carbons (Fsp3) is 0.512. The molecule has 22 nitrogen and oxygen atoms in total. The van der Waals surface area contributed by atoms with Crippen LogP contribution in [0.4, 0.5) is 61.2 Å². The molecule has 2 aliphatic carbocycles. The number of halogens is 9. The number of hydrogen-bond acceptors (Lipinski definition) is 19. The van der Waals surface area contributed by atoms with Gasteiger partial charge in [0.2, 0.25) is 42.6 Å². The van der Waals surface area contributed by atoms with Crippen molar-refractivity contribution in [3.63, 3.8) is 0 Å². The summed E-state index contributed by atoms with van der Waals surface area (Å²) in [6, 6.07) is 11.3. The van der Waals surface area contributed by atoms with Gasteiger partial charge in [0, 0.05) is 60.1 Å². The van der Waals surface area contributed by atoms with Gasteiger partial charge in [0.05, 0.1) is 27.7 Å². The zero-order valence-electron chi connectivity index (χ0n) is 39.3. The van der Waals surface area contributed by atoms with Gasteiger partial charge in [0.1, 0.15) is 23.9 Å². The van der Waals surface area contributed by atoms with Gasteiger partial charge in [-0.05, 0) is 75.3 Å². The summed E-state index contributed by atoms with van der Waals surface area (Å²) < 4.78 is 128. The van der Waals surface area contributed by atoms with Crippen molar-refractivity contribution < 1.29 is 62.5 Å². The summed E-state index contributed by atoms with van der Waals surface area (Å²) in [6.45, 7) is 0.711. The van der Waals surface area contributed by atoms with Gasteiger partial charge < -0.3 is 36.5 Å². The molecule has 0 spiro atoms. The van der Waals surface area contributed by atoms with Crippen molar-refractivity contribution in [1.29, 1.82) is 0 Å². The smallest absolute Gasteiger partial charge is 0.405 e. The molecule has 2 aromatic carbocycles. The fourth-order valence-corrected chi connectivity index (χ4v) is 8.05. The zero-order valence-corrected chi connectivity index (χ0v) is 43.2. The van der Waals surface area contributed by atoms with Crippen LogP contribution >= 0.6 is 33.9 Å². The molecule has 2 aromatic heterocycles. The van der Waals surface area contributed by atoms with Crippen LogP contribution in [0.25, 0.3) is 0 Å². The molecule has 0 amide bonds. The number of para-hydroxylation sites is 2. The van der Waals surface area contributed by atoms with Crippen LogP contribution in [-0.4, -0.2) is 102 Å². The summed E-state index contributed by atoms with van der Waals surface area (Å²) in [7, 11) is -1.97. The van der Waals surface area contributed by atoms with Crippen molar-refractivity contribution >= 4 is 87.9 Å². The van der Waals surface area contributed by atoms with E-state index in [1.807, 2.05) is 0 Å². The number of hydrogen-bond donors (Lipinski definition) is 6. The summed E-state index contributed by atoms with van der Waals surface area (Å²) in [6.07, 6.45) is 0.857. The normalized spacial score (nSPS) is 17.8. The molecule has 0 radical (unpaired) electrons. The third kappa shape index (κ3) is 25.6. The molecule has 2 saturated carbocycles. The molecule has 7 N–H and O–H groups in total. The van der Waals surface area contributed by atoms with Crippen LogP contribution in [0.1, 0.15) is 62.5 Å². The van der Waals surface area contributed by atoms with E-state index in [0.29, 0.717) is 31.8 Å². The van der Waals surface area contributed by atoms with Gasteiger partial charge in [-0.2, -0.15) is 9.97 Å². The fourth-order valence-electron chi connectivity index (χ4n) is 7.21. The van der Waals surface area contributed by atoms with Crippen molar-refractivity contribution in [2.45, 2.75) is 89.3 Å². The minimum atomic E-state index is -4.85. The summed E-state index contributed by atoms with van der Waals surface area (Å²) >= 11 is 9.53. The van der Waals surface area contributed by atoms with Crippen LogP contribution in [0.15, 0.2) is 60.9 Å². The molecular weight excluding hydrogens is 1110 g/mol. The first-order chi connectivity index (χ1) is 34.5. The highest BCUT2D eigenvalue weighted by atomic mass is 35.7. The predicted molar refractivity (Wildman–Crippen MR) is 266 cm³/mol. The van der Waals surface area contributed by atoms with E-state index in [2.05, 4.69) is 66.1 Å². The largest absolute Gasteiger partial charge is 0.573 e. The maximum Gasteiger partial charge on any atom is 0.573 e. The lowest BCUT2D eigenvalue weighted by atomic mass is 9.86. The molecule has 0 unspecified atom stereocenters. The molecule has 412 valence electrons. The Morgan fingerprint density at radius 2 is 1.01 bits per heavy atom. The van der Waals surface area contributed by atoms with E-state index in [-0.39, 0.29) is 94.0 Å². The van der Waals surface area contributed by atoms with E-state index in [1.54, 1.807) is 12.1 Å². The molecule has 2 aliphatic rings. The van der Waals surface area contributed by atoms with Gasteiger partial charge >= 0.3 is 24.1 Å². The first-order valence-electron chi connectivity index (χ1n) is 21.9. The molecule has 33 heteroatoms. The van der Waals surface area contributed by atoms with E-state index in [4.69, 9.17) is 28.9 Å². The lowest BCUT2D eigenvalue weighted by molar-refractivity contribution is -0.384. The highest BCUT2D eigenvalue weighted by Gasteiger charge is 2.33. The Morgan fingerprint density at radius 1 is 0.662 bits per heavy atom. The molecule has 0 bridgehead atoms. The Balaban J connectivity index is 0.000000342. The molecule has 4 aromatic rings. The summed E-state index contributed by atoms with van der Waals surface area (Å²) in [5.41, 5.74) is 5.71. The maximum absolute atomic E-state index is 12.6. The van der Waals surface area contributed by atoms with E-state index in [0.717, 1.165) is 63.4 Å². The lowest BCUT2D eigenvalue weighted by Crippen LogP contribution is -2.37. The number of sulfonamides is 1. The summed E-state index contributed by atoms with van der Waals surface area (Å²) in [4.78, 5) is 37.6. The van der Waals surface area contributed by atoms with Crippen LogP contribution in [-0.2, 0) is 32.2 Å². The van der Waals surface area contributed by atoms with Crippen molar-refractivity contribution in [3.05, 3.63) is 92.3 Å². The Bertz CT molecular complexity index is 2650. The number of nitro groups is 2. The van der Waals surface area contributed by atoms with Crippen molar-refractivity contribution in [1.82, 2.24) is 24.7 Å². The van der Waals surface area contributed by atoms with Crippen molar-refractivity contribution in [3.8, 4) is 11.5 Å². The number of nitrogens with two attached hydrogens (primary N) is 1. The van der Waals surface area contributed by atoms with Crippen LogP contribution in [0.3, 0.4) is 0 Å².